The second-order valence-electron chi connectivity index (χ2n) is 4.44. The van der Waals surface area contributed by atoms with Crippen molar-refractivity contribution in [3.05, 3.63) is 0 Å². The molecule has 0 aromatic heterocycles. The molecule has 0 aromatic carbocycles. The topological polar surface area (TPSA) is 27.0 Å². The molecule has 1 unspecified atom stereocenters. The van der Waals surface area contributed by atoms with Gasteiger partial charge in [-0.05, 0) is 39.3 Å². The molecule has 1 atom stereocenters. The van der Waals surface area contributed by atoms with E-state index in [0.717, 1.165) is 6.04 Å². The summed E-state index contributed by atoms with van der Waals surface area (Å²) in [6, 6.07) is 0.857. The van der Waals surface area contributed by atoms with E-state index in [1.54, 1.807) is 0 Å². The van der Waals surface area contributed by atoms with E-state index in [1.807, 2.05) is 0 Å². The first kappa shape index (κ1) is 14.5. The third-order valence-electron chi connectivity index (χ3n) is 3.24. The standard InChI is InChI=1S/C12H25N.CHN/c1-3-4-5-7-10-13-11-8-6-9-12(13)2;1-2/h12H,3-11H2,1-2H3;1H. The second-order valence-corrected chi connectivity index (χ2v) is 4.44. The highest BCUT2D eigenvalue weighted by Crippen LogP contribution is 2.16. The lowest BCUT2D eigenvalue weighted by molar-refractivity contribution is 0.157. The normalized spacial score (nSPS) is 21.7. The van der Waals surface area contributed by atoms with E-state index in [9.17, 15) is 0 Å². The zero-order valence-electron chi connectivity index (χ0n) is 10.4. The van der Waals surface area contributed by atoms with E-state index in [2.05, 4.69) is 25.3 Å². The Kier molecular flexibility index (Phi) is 9.62. The van der Waals surface area contributed by atoms with Crippen LogP contribution >= 0.6 is 0 Å². The summed E-state index contributed by atoms with van der Waals surface area (Å²) < 4.78 is 0. The summed E-state index contributed by atoms with van der Waals surface area (Å²) >= 11 is 0. The Morgan fingerprint density at radius 2 is 1.93 bits per heavy atom. The summed E-state index contributed by atoms with van der Waals surface area (Å²) in [5.74, 6) is 0. The summed E-state index contributed by atoms with van der Waals surface area (Å²) in [7, 11) is 0. The van der Waals surface area contributed by atoms with Gasteiger partial charge in [0.25, 0.3) is 0 Å². The number of hydrogen-bond donors (Lipinski definition) is 0. The Hall–Kier alpha value is -0.550. The minimum atomic E-state index is 0.857. The minimum absolute atomic E-state index is 0.857. The quantitative estimate of drug-likeness (QED) is 0.648. The maximum Gasteiger partial charge on any atom is 0.0462 e. The molecule has 1 aliphatic heterocycles. The van der Waals surface area contributed by atoms with Crippen molar-refractivity contribution in [2.45, 2.75) is 64.8 Å². The summed E-state index contributed by atoms with van der Waals surface area (Å²) in [5, 5.41) is 6.50. The molecule has 0 amide bonds. The van der Waals surface area contributed by atoms with Crippen molar-refractivity contribution in [1.29, 1.82) is 5.26 Å². The Morgan fingerprint density at radius 3 is 2.53 bits per heavy atom. The van der Waals surface area contributed by atoms with E-state index in [-0.39, 0.29) is 0 Å². The zero-order valence-corrected chi connectivity index (χ0v) is 10.4. The Bertz CT molecular complexity index is 154. The van der Waals surface area contributed by atoms with Gasteiger partial charge in [0.05, 0.1) is 0 Å². The van der Waals surface area contributed by atoms with Crippen molar-refractivity contribution in [3.8, 4) is 6.57 Å². The predicted molar refractivity (Wildman–Crippen MR) is 65.7 cm³/mol. The maximum atomic E-state index is 6.50. The number of nitriles is 1. The molecule has 0 radical (unpaired) electrons. The van der Waals surface area contributed by atoms with Crippen molar-refractivity contribution in [1.82, 2.24) is 4.90 Å². The van der Waals surface area contributed by atoms with E-state index in [4.69, 9.17) is 5.26 Å². The summed E-state index contributed by atoms with van der Waals surface area (Å²) in [4.78, 5) is 2.68. The van der Waals surface area contributed by atoms with Crippen molar-refractivity contribution in [2.24, 2.45) is 0 Å². The van der Waals surface area contributed by atoms with E-state index in [0.29, 0.717) is 0 Å². The van der Waals surface area contributed by atoms with Gasteiger partial charge in [-0.3, -0.25) is 0 Å². The van der Waals surface area contributed by atoms with Gasteiger partial charge >= 0.3 is 0 Å². The molecule has 1 saturated heterocycles. The third kappa shape index (κ3) is 6.52. The van der Waals surface area contributed by atoms with Gasteiger partial charge in [0, 0.05) is 12.6 Å². The van der Waals surface area contributed by atoms with Crippen LogP contribution in [0.2, 0.25) is 0 Å². The highest BCUT2D eigenvalue weighted by molar-refractivity contribution is 4.72. The summed E-state index contributed by atoms with van der Waals surface area (Å²) in [6.45, 7) is 10.9. The Morgan fingerprint density at radius 1 is 1.20 bits per heavy atom. The first-order chi connectivity index (χ1) is 7.34. The lowest BCUT2D eigenvalue weighted by Gasteiger charge is -2.33. The fourth-order valence-electron chi connectivity index (χ4n) is 2.23. The molecule has 1 aliphatic rings. The van der Waals surface area contributed by atoms with Crippen LogP contribution in [0.25, 0.3) is 0 Å². The molecule has 88 valence electrons. The van der Waals surface area contributed by atoms with Gasteiger partial charge in [-0.2, -0.15) is 0 Å². The molecule has 2 nitrogen and oxygen atoms in total. The van der Waals surface area contributed by atoms with Crippen LogP contribution in [0.5, 0.6) is 0 Å². The molecule has 0 bridgehead atoms. The molecule has 1 heterocycles. The van der Waals surface area contributed by atoms with Crippen LogP contribution < -0.4 is 0 Å². The Labute approximate surface area is 95.3 Å². The summed E-state index contributed by atoms with van der Waals surface area (Å²) in [5.41, 5.74) is 0. The first-order valence-electron chi connectivity index (χ1n) is 6.34. The van der Waals surface area contributed by atoms with Gasteiger partial charge < -0.3 is 4.90 Å². The van der Waals surface area contributed by atoms with E-state index in [1.165, 1.54) is 58.0 Å². The van der Waals surface area contributed by atoms with Gasteiger partial charge in [-0.25, -0.2) is 5.26 Å². The predicted octanol–water partition coefficient (Wildman–Crippen LogP) is 3.58. The third-order valence-corrected chi connectivity index (χ3v) is 3.24. The molecular formula is C13H26N2. The Balaban J connectivity index is 0.000000921. The number of nitrogens with zero attached hydrogens (tertiary/aromatic N) is 2. The highest BCUT2D eigenvalue weighted by Gasteiger charge is 2.16. The van der Waals surface area contributed by atoms with Crippen LogP contribution in [0.15, 0.2) is 0 Å². The molecule has 0 aliphatic carbocycles. The zero-order chi connectivity index (χ0) is 11.5. The van der Waals surface area contributed by atoms with Crippen LogP contribution in [0.4, 0.5) is 0 Å². The average molecular weight is 210 g/mol. The fraction of sp³-hybridized carbons (Fsp3) is 0.923. The molecule has 15 heavy (non-hydrogen) atoms. The van der Waals surface area contributed by atoms with Crippen molar-refractivity contribution < 1.29 is 0 Å². The van der Waals surface area contributed by atoms with E-state index < -0.39 is 0 Å². The van der Waals surface area contributed by atoms with Crippen LogP contribution in [0.1, 0.15) is 58.8 Å². The lowest BCUT2D eigenvalue weighted by atomic mass is 10.0. The average Bonchev–Trinajstić information content (AvgIpc) is 2.29. The number of rotatable bonds is 5. The molecule has 2 heteroatoms. The fourth-order valence-corrected chi connectivity index (χ4v) is 2.23. The SMILES string of the molecule is C#N.CCCCCCN1CCCCC1C. The lowest BCUT2D eigenvalue weighted by Crippen LogP contribution is -2.37. The smallest absolute Gasteiger partial charge is 0.0462 e. The minimum Gasteiger partial charge on any atom is -0.301 e. The molecule has 1 fully saturated rings. The van der Waals surface area contributed by atoms with Gasteiger partial charge in [0.1, 0.15) is 0 Å². The largest absolute Gasteiger partial charge is 0.301 e. The van der Waals surface area contributed by atoms with Crippen LogP contribution in [-0.4, -0.2) is 24.0 Å². The van der Waals surface area contributed by atoms with Crippen LogP contribution in [0, 0.1) is 11.8 Å². The second kappa shape index (κ2) is 9.98. The monoisotopic (exact) mass is 210 g/mol. The number of hydrogen-bond acceptors (Lipinski definition) is 2. The van der Waals surface area contributed by atoms with Crippen molar-refractivity contribution in [3.63, 3.8) is 0 Å². The van der Waals surface area contributed by atoms with Gasteiger partial charge in [0.15, 0.2) is 0 Å². The van der Waals surface area contributed by atoms with Crippen LogP contribution in [-0.2, 0) is 0 Å². The van der Waals surface area contributed by atoms with Crippen molar-refractivity contribution in [2.75, 3.05) is 13.1 Å². The van der Waals surface area contributed by atoms with Crippen LogP contribution in [0.3, 0.4) is 0 Å². The molecular weight excluding hydrogens is 184 g/mol. The maximum absolute atomic E-state index is 6.50. The van der Waals surface area contributed by atoms with Gasteiger partial charge in [-0.1, -0.05) is 32.6 Å². The van der Waals surface area contributed by atoms with Gasteiger partial charge in [0.2, 0.25) is 0 Å². The molecule has 0 N–H and O–H groups in total. The molecule has 0 saturated carbocycles. The molecule has 1 rings (SSSR count). The highest BCUT2D eigenvalue weighted by atomic mass is 15.1. The van der Waals surface area contributed by atoms with Crippen molar-refractivity contribution >= 4 is 0 Å². The number of piperidine rings is 1. The molecule has 0 aromatic rings. The molecule has 0 spiro atoms. The summed E-state index contributed by atoms with van der Waals surface area (Å²) in [6.07, 6.45) is 9.92. The number of unbranched alkanes of at least 4 members (excludes halogenated alkanes) is 3. The number of likely N-dealkylation sites (tertiary alicyclic amines) is 1. The van der Waals surface area contributed by atoms with Gasteiger partial charge in [-0.15, -0.1) is 0 Å². The van der Waals surface area contributed by atoms with E-state index >= 15 is 0 Å². The first-order valence-corrected chi connectivity index (χ1v) is 6.34.